The second-order valence-corrected chi connectivity index (χ2v) is 6.55. The first-order valence-electron chi connectivity index (χ1n) is 8.13. The molecule has 0 saturated carbocycles. The van der Waals surface area contributed by atoms with E-state index in [0.717, 1.165) is 51.1 Å². The second kappa shape index (κ2) is 6.14. The third kappa shape index (κ3) is 3.10. The highest BCUT2D eigenvalue weighted by atomic mass is 16.2. The molecule has 1 atom stereocenters. The van der Waals surface area contributed by atoms with Crippen LogP contribution in [0.2, 0.25) is 0 Å². The lowest BCUT2D eigenvalue weighted by Gasteiger charge is -2.33. The highest BCUT2D eigenvalue weighted by molar-refractivity contribution is 5.79. The molecule has 4 nitrogen and oxygen atoms in total. The Morgan fingerprint density at radius 1 is 1.43 bits per heavy atom. The molecule has 0 aliphatic carbocycles. The number of hydrogen-bond acceptors (Lipinski definition) is 3. The van der Waals surface area contributed by atoms with Crippen molar-refractivity contribution >= 4 is 5.91 Å². The van der Waals surface area contributed by atoms with Gasteiger partial charge in [0.05, 0.1) is 5.92 Å². The van der Waals surface area contributed by atoms with Crippen molar-refractivity contribution in [3.63, 3.8) is 0 Å². The van der Waals surface area contributed by atoms with E-state index in [-0.39, 0.29) is 5.92 Å². The van der Waals surface area contributed by atoms with Crippen LogP contribution in [0.1, 0.15) is 49.6 Å². The maximum atomic E-state index is 12.6. The Morgan fingerprint density at radius 2 is 2.29 bits per heavy atom. The van der Waals surface area contributed by atoms with Crippen molar-refractivity contribution in [3.8, 4) is 0 Å². The lowest BCUT2D eigenvalue weighted by Crippen LogP contribution is -2.45. The van der Waals surface area contributed by atoms with Crippen LogP contribution >= 0.6 is 0 Å². The van der Waals surface area contributed by atoms with Gasteiger partial charge in [0.2, 0.25) is 5.91 Å². The molecule has 114 valence electrons. The van der Waals surface area contributed by atoms with Gasteiger partial charge in [0.15, 0.2) is 0 Å². The highest BCUT2D eigenvalue weighted by Crippen LogP contribution is 2.23. The van der Waals surface area contributed by atoms with E-state index in [1.165, 1.54) is 11.3 Å². The zero-order chi connectivity index (χ0) is 14.8. The smallest absolute Gasteiger partial charge is 0.227 e. The molecule has 21 heavy (non-hydrogen) atoms. The quantitative estimate of drug-likeness (QED) is 0.906. The minimum absolute atomic E-state index is 0.170. The van der Waals surface area contributed by atoms with Gasteiger partial charge in [-0.25, -0.2) is 0 Å². The number of aromatic nitrogens is 1. The summed E-state index contributed by atoms with van der Waals surface area (Å²) in [5.74, 6) is 0.951. The fourth-order valence-electron chi connectivity index (χ4n) is 3.26. The van der Waals surface area contributed by atoms with Gasteiger partial charge in [0.1, 0.15) is 0 Å². The normalized spacial score (nSPS) is 22.2. The summed E-state index contributed by atoms with van der Waals surface area (Å²) in [7, 11) is 0. The summed E-state index contributed by atoms with van der Waals surface area (Å²) < 4.78 is 0. The Hall–Kier alpha value is -1.42. The molecule has 2 aliphatic heterocycles. The van der Waals surface area contributed by atoms with Crippen molar-refractivity contribution in [1.29, 1.82) is 0 Å². The molecule has 2 aliphatic rings. The molecule has 0 bridgehead atoms. The van der Waals surface area contributed by atoms with E-state index in [1.54, 1.807) is 0 Å². The van der Waals surface area contributed by atoms with Gasteiger partial charge in [-0.05, 0) is 36.9 Å². The van der Waals surface area contributed by atoms with Crippen LogP contribution in [0.3, 0.4) is 0 Å². The zero-order valence-electron chi connectivity index (χ0n) is 13.1. The summed E-state index contributed by atoms with van der Waals surface area (Å²) in [5, 5.41) is 3.33. The van der Waals surface area contributed by atoms with Crippen LogP contribution < -0.4 is 5.32 Å². The zero-order valence-corrected chi connectivity index (χ0v) is 13.1. The largest absolute Gasteiger partial charge is 0.338 e. The average Bonchev–Trinajstić information content (AvgIpc) is 2.54. The number of rotatable bonds is 2. The fourth-order valence-corrected chi connectivity index (χ4v) is 3.26. The van der Waals surface area contributed by atoms with Gasteiger partial charge < -0.3 is 10.2 Å². The molecule has 0 spiro atoms. The summed E-state index contributed by atoms with van der Waals surface area (Å²) >= 11 is 0. The SMILES string of the molecule is CC(C)c1ccc2c(n1)CCN(C(=O)C1CCCNC1)C2. The first kappa shape index (κ1) is 14.5. The molecule has 1 saturated heterocycles. The predicted molar refractivity (Wildman–Crippen MR) is 83.0 cm³/mol. The Kier molecular flexibility index (Phi) is 4.24. The maximum Gasteiger partial charge on any atom is 0.227 e. The monoisotopic (exact) mass is 287 g/mol. The number of piperidine rings is 1. The Bertz CT molecular complexity index is 521. The first-order chi connectivity index (χ1) is 10.1. The molecule has 1 aromatic rings. The molecule has 1 aromatic heterocycles. The summed E-state index contributed by atoms with van der Waals surface area (Å²) in [5.41, 5.74) is 3.57. The number of hydrogen-bond donors (Lipinski definition) is 1. The Morgan fingerprint density at radius 3 is 3.00 bits per heavy atom. The third-order valence-electron chi connectivity index (χ3n) is 4.62. The van der Waals surface area contributed by atoms with Crippen LogP contribution in [-0.4, -0.2) is 35.4 Å². The highest BCUT2D eigenvalue weighted by Gasteiger charge is 2.28. The third-order valence-corrected chi connectivity index (χ3v) is 4.62. The molecule has 1 unspecified atom stereocenters. The summed E-state index contributed by atoms with van der Waals surface area (Å²) in [4.78, 5) is 19.4. The minimum Gasteiger partial charge on any atom is -0.338 e. The average molecular weight is 287 g/mol. The van der Waals surface area contributed by atoms with Crippen LogP contribution in [-0.2, 0) is 17.8 Å². The maximum absolute atomic E-state index is 12.6. The predicted octanol–water partition coefficient (Wildman–Crippen LogP) is 2.09. The molecule has 4 heteroatoms. The van der Waals surface area contributed by atoms with E-state index in [0.29, 0.717) is 11.8 Å². The van der Waals surface area contributed by atoms with Gasteiger partial charge in [-0.3, -0.25) is 9.78 Å². The molecule has 0 aromatic carbocycles. The second-order valence-electron chi connectivity index (χ2n) is 6.55. The van der Waals surface area contributed by atoms with E-state index in [4.69, 9.17) is 4.98 Å². The lowest BCUT2D eigenvalue weighted by molar-refractivity contribution is -0.137. The van der Waals surface area contributed by atoms with Crippen molar-refractivity contribution in [3.05, 3.63) is 29.1 Å². The van der Waals surface area contributed by atoms with E-state index in [9.17, 15) is 4.79 Å². The summed E-state index contributed by atoms with van der Waals surface area (Å²) in [6.07, 6.45) is 3.03. The van der Waals surface area contributed by atoms with Crippen molar-refractivity contribution in [2.75, 3.05) is 19.6 Å². The Labute approximate surface area is 126 Å². The van der Waals surface area contributed by atoms with E-state index < -0.39 is 0 Å². The molecule has 3 heterocycles. The van der Waals surface area contributed by atoms with Crippen LogP contribution in [0.5, 0.6) is 0 Å². The molecule has 0 radical (unpaired) electrons. The number of pyridine rings is 1. The molecular weight excluding hydrogens is 262 g/mol. The molecule has 1 amide bonds. The number of carbonyl (C=O) groups is 1. The number of nitrogens with one attached hydrogen (secondary N) is 1. The van der Waals surface area contributed by atoms with Gasteiger partial charge in [0, 0.05) is 37.4 Å². The number of amides is 1. The van der Waals surface area contributed by atoms with Gasteiger partial charge in [-0.2, -0.15) is 0 Å². The standard InChI is InChI=1S/C17H25N3O/c1-12(2)15-6-5-14-11-20(9-7-16(14)19-15)17(21)13-4-3-8-18-10-13/h5-6,12-13,18H,3-4,7-11H2,1-2H3. The van der Waals surface area contributed by atoms with Gasteiger partial charge in [0.25, 0.3) is 0 Å². The number of fused-ring (bicyclic) bond motifs is 1. The molecular formula is C17H25N3O. The van der Waals surface area contributed by atoms with Crippen LogP contribution in [0, 0.1) is 5.92 Å². The van der Waals surface area contributed by atoms with Crippen LogP contribution in [0.15, 0.2) is 12.1 Å². The minimum atomic E-state index is 0.170. The van der Waals surface area contributed by atoms with Crippen molar-refractivity contribution in [2.45, 2.75) is 45.6 Å². The summed E-state index contributed by atoms with van der Waals surface area (Å²) in [6.45, 7) is 7.78. The Balaban J connectivity index is 1.70. The molecule has 3 rings (SSSR count). The van der Waals surface area contributed by atoms with Crippen molar-refractivity contribution in [1.82, 2.24) is 15.2 Å². The van der Waals surface area contributed by atoms with E-state index in [2.05, 4.69) is 31.3 Å². The molecule has 1 N–H and O–H groups in total. The number of carbonyl (C=O) groups excluding carboxylic acids is 1. The van der Waals surface area contributed by atoms with Crippen LogP contribution in [0.4, 0.5) is 0 Å². The fraction of sp³-hybridized carbons (Fsp3) is 0.647. The number of nitrogens with zero attached hydrogens (tertiary/aromatic N) is 2. The van der Waals surface area contributed by atoms with E-state index in [1.807, 2.05) is 4.90 Å². The van der Waals surface area contributed by atoms with Gasteiger partial charge >= 0.3 is 0 Å². The van der Waals surface area contributed by atoms with Gasteiger partial charge in [-0.15, -0.1) is 0 Å². The van der Waals surface area contributed by atoms with Crippen molar-refractivity contribution in [2.24, 2.45) is 5.92 Å². The van der Waals surface area contributed by atoms with Crippen LogP contribution in [0.25, 0.3) is 0 Å². The topological polar surface area (TPSA) is 45.2 Å². The lowest BCUT2D eigenvalue weighted by atomic mass is 9.96. The van der Waals surface area contributed by atoms with E-state index >= 15 is 0 Å². The first-order valence-corrected chi connectivity index (χ1v) is 8.13. The van der Waals surface area contributed by atoms with Gasteiger partial charge in [-0.1, -0.05) is 19.9 Å². The van der Waals surface area contributed by atoms with Crippen molar-refractivity contribution < 1.29 is 4.79 Å². The summed E-state index contributed by atoms with van der Waals surface area (Å²) in [6, 6.07) is 4.27. The molecule has 1 fully saturated rings.